The van der Waals surface area contributed by atoms with Crippen LogP contribution in [0.2, 0.25) is 5.02 Å². The molecule has 0 saturated carbocycles. The Morgan fingerprint density at radius 2 is 2.04 bits per heavy atom. The molecule has 23 heavy (non-hydrogen) atoms. The third-order valence-corrected chi connectivity index (χ3v) is 3.47. The molecule has 0 saturated heterocycles. The average Bonchev–Trinajstić information content (AvgIpc) is 2.55. The number of hydrogen-bond acceptors (Lipinski definition) is 3. The van der Waals surface area contributed by atoms with Gasteiger partial charge in [0.15, 0.2) is 0 Å². The van der Waals surface area contributed by atoms with Crippen LogP contribution in [0.3, 0.4) is 0 Å². The molecule has 120 valence electrons. The number of hydrogen-bond donors (Lipinski definition) is 1. The lowest BCUT2D eigenvalue weighted by molar-refractivity contribution is -0.130. The highest BCUT2D eigenvalue weighted by atomic mass is 35.5. The van der Waals surface area contributed by atoms with Gasteiger partial charge in [0.05, 0.1) is 24.3 Å². The van der Waals surface area contributed by atoms with Gasteiger partial charge in [0.2, 0.25) is 0 Å². The Kier molecular flexibility index (Phi) is 5.66. The molecule has 0 spiro atoms. The first kappa shape index (κ1) is 16.9. The summed E-state index contributed by atoms with van der Waals surface area (Å²) in [5, 5.41) is 9.93. The summed E-state index contributed by atoms with van der Waals surface area (Å²) in [7, 11) is 1.54. The van der Waals surface area contributed by atoms with E-state index in [0.717, 1.165) is 0 Å². The summed E-state index contributed by atoms with van der Waals surface area (Å²) in [5.41, 5.74) is 1.39. The molecule has 0 aliphatic heterocycles. The Labute approximate surface area is 139 Å². The largest absolute Gasteiger partial charge is 0.497 e. The molecule has 0 fully saturated rings. The summed E-state index contributed by atoms with van der Waals surface area (Å²) in [4.78, 5) is 11.6. The zero-order chi connectivity index (χ0) is 16.8. The van der Waals surface area contributed by atoms with Crippen molar-refractivity contribution in [2.45, 2.75) is 6.92 Å². The molecule has 2 aromatic carbocycles. The number of halogens is 1. The van der Waals surface area contributed by atoms with E-state index in [1.165, 1.54) is 7.11 Å². The van der Waals surface area contributed by atoms with Crippen LogP contribution in [0.1, 0.15) is 18.1 Å². The summed E-state index contributed by atoms with van der Waals surface area (Å²) >= 11 is 6.14. The molecule has 0 aliphatic carbocycles. The predicted octanol–water partition coefficient (Wildman–Crippen LogP) is 4.37. The molecule has 0 unspecified atom stereocenters. The maximum absolute atomic E-state index is 11.6. The highest BCUT2D eigenvalue weighted by Crippen LogP contribution is 2.28. The van der Waals surface area contributed by atoms with Crippen LogP contribution >= 0.6 is 11.6 Å². The first-order valence-electron chi connectivity index (χ1n) is 7.07. The minimum atomic E-state index is -1.02. The van der Waals surface area contributed by atoms with Gasteiger partial charge in [-0.3, -0.25) is 0 Å². The van der Waals surface area contributed by atoms with Gasteiger partial charge < -0.3 is 14.6 Å². The molecule has 0 heterocycles. The smallest absolute Gasteiger partial charge is 0.336 e. The van der Waals surface area contributed by atoms with Crippen molar-refractivity contribution < 1.29 is 19.4 Å². The third-order valence-electron chi connectivity index (χ3n) is 3.18. The Morgan fingerprint density at radius 3 is 2.65 bits per heavy atom. The van der Waals surface area contributed by atoms with Gasteiger partial charge in [0.1, 0.15) is 11.5 Å². The topological polar surface area (TPSA) is 55.8 Å². The van der Waals surface area contributed by atoms with E-state index in [1.807, 2.05) is 6.92 Å². The number of carbonyl (C=O) groups is 1. The molecular formula is C18H17ClO4. The molecule has 2 aromatic rings. The lowest BCUT2D eigenvalue weighted by atomic mass is 10.0. The normalized spacial score (nSPS) is 11.2. The SMILES string of the molecule is CCOc1ccc(/C=C(\C(=O)O)c2cccc(OC)c2)cc1Cl. The summed E-state index contributed by atoms with van der Waals surface area (Å²) in [6, 6.07) is 12.1. The van der Waals surface area contributed by atoms with Gasteiger partial charge >= 0.3 is 5.97 Å². The van der Waals surface area contributed by atoms with Gasteiger partial charge in [-0.05, 0) is 48.4 Å². The van der Waals surface area contributed by atoms with Crippen LogP contribution in [-0.2, 0) is 4.79 Å². The fourth-order valence-corrected chi connectivity index (χ4v) is 2.35. The molecule has 0 amide bonds. The van der Waals surface area contributed by atoms with Crippen molar-refractivity contribution >= 4 is 29.2 Å². The number of rotatable bonds is 6. The lowest BCUT2D eigenvalue weighted by Crippen LogP contribution is -2.00. The number of aliphatic carboxylic acids is 1. The van der Waals surface area contributed by atoms with E-state index in [-0.39, 0.29) is 5.57 Å². The maximum Gasteiger partial charge on any atom is 0.336 e. The second-order valence-electron chi connectivity index (χ2n) is 4.72. The number of carboxylic acid groups (broad SMARTS) is 1. The Morgan fingerprint density at radius 1 is 1.26 bits per heavy atom. The van der Waals surface area contributed by atoms with Crippen molar-refractivity contribution in [1.82, 2.24) is 0 Å². The molecule has 0 aromatic heterocycles. The van der Waals surface area contributed by atoms with Gasteiger partial charge in [-0.15, -0.1) is 0 Å². The van der Waals surface area contributed by atoms with Crippen LogP contribution in [0.15, 0.2) is 42.5 Å². The Bertz CT molecular complexity index is 738. The molecule has 0 radical (unpaired) electrons. The molecule has 2 rings (SSSR count). The quantitative estimate of drug-likeness (QED) is 0.630. The van der Waals surface area contributed by atoms with Crippen LogP contribution < -0.4 is 9.47 Å². The highest BCUT2D eigenvalue weighted by Gasteiger charge is 2.12. The molecule has 0 bridgehead atoms. The minimum absolute atomic E-state index is 0.157. The van der Waals surface area contributed by atoms with E-state index in [9.17, 15) is 9.90 Å². The van der Waals surface area contributed by atoms with Gasteiger partial charge in [-0.1, -0.05) is 29.8 Å². The molecule has 5 heteroatoms. The van der Waals surface area contributed by atoms with Crippen molar-refractivity contribution in [2.24, 2.45) is 0 Å². The highest BCUT2D eigenvalue weighted by molar-refractivity contribution is 6.32. The zero-order valence-corrected chi connectivity index (χ0v) is 13.6. The zero-order valence-electron chi connectivity index (χ0n) is 12.9. The van der Waals surface area contributed by atoms with E-state index >= 15 is 0 Å². The molecule has 4 nitrogen and oxygen atoms in total. The average molecular weight is 333 g/mol. The summed E-state index contributed by atoms with van der Waals surface area (Å²) in [6.45, 7) is 2.38. The maximum atomic E-state index is 11.6. The van der Waals surface area contributed by atoms with Crippen molar-refractivity contribution in [1.29, 1.82) is 0 Å². The second-order valence-corrected chi connectivity index (χ2v) is 5.13. The summed E-state index contributed by atoms with van der Waals surface area (Å²) < 4.78 is 10.5. The lowest BCUT2D eigenvalue weighted by Gasteiger charge is -2.08. The monoisotopic (exact) mass is 332 g/mol. The van der Waals surface area contributed by atoms with Gasteiger partial charge in [-0.25, -0.2) is 4.79 Å². The first-order chi connectivity index (χ1) is 11.0. The summed E-state index contributed by atoms with van der Waals surface area (Å²) in [6.07, 6.45) is 1.57. The van der Waals surface area contributed by atoms with E-state index in [2.05, 4.69) is 0 Å². The summed E-state index contributed by atoms with van der Waals surface area (Å²) in [5.74, 6) is 0.146. The van der Waals surface area contributed by atoms with Gasteiger partial charge in [0, 0.05) is 0 Å². The van der Waals surface area contributed by atoms with Crippen LogP contribution in [0, 0.1) is 0 Å². The van der Waals surface area contributed by atoms with Crippen LogP contribution in [0.4, 0.5) is 0 Å². The fraction of sp³-hybridized carbons (Fsp3) is 0.167. The van der Waals surface area contributed by atoms with E-state index in [4.69, 9.17) is 21.1 Å². The third kappa shape index (κ3) is 4.27. The van der Waals surface area contributed by atoms with E-state index < -0.39 is 5.97 Å². The Hall–Kier alpha value is -2.46. The van der Waals surface area contributed by atoms with Crippen LogP contribution in [0.5, 0.6) is 11.5 Å². The number of carboxylic acids is 1. The molecule has 0 atom stereocenters. The minimum Gasteiger partial charge on any atom is -0.497 e. The number of ether oxygens (including phenoxy) is 2. The van der Waals surface area contributed by atoms with Crippen LogP contribution in [-0.4, -0.2) is 24.8 Å². The van der Waals surface area contributed by atoms with Crippen molar-refractivity contribution in [2.75, 3.05) is 13.7 Å². The molecule has 1 N–H and O–H groups in total. The van der Waals surface area contributed by atoms with E-state index in [1.54, 1.807) is 48.5 Å². The number of methoxy groups -OCH3 is 1. The second kappa shape index (κ2) is 7.70. The fourth-order valence-electron chi connectivity index (χ4n) is 2.11. The van der Waals surface area contributed by atoms with Gasteiger partial charge in [-0.2, -0.15) is 0 Å². The molecule has 0 aliphatic rings. The molecular weight excluding hydrogens is 316 g/mol. The van der Waals surface area contributed by atoms with E-state index in [0.29, 0.717) is 34.3 Å². The Balaban J connectivity index is 2.43. The van der Waals surface area contributed by atoms with Gasteiger partial charge in [0.25, 0.3) is 0 Å². The number of benzene rings is 2. The first-order valence-corrected chi connectivity index (χ1v) is 7.44. The van der Waals surface area contributed by atoms with Crippen molar-refractivity contribution in [3.8, 4) is 11.5 Å². The van der Waals surface area contributed by atoms with Crippen molar-refractivity contribution in [3.05, 3.63) is 58.6 Å². The van der Waals surface area contributed by atoms with Crippen LogP contribution in [0.25, 0.3) is 11.6 Å². The standard InChI is InChI=1S/C18H17ClO4/c1-3-23-17-8-7-12(10-16(17)19)9-15(18(20)21)13-5-4-6-14(11-13)22-2/h4-11H,3H2,1-2H3,(H,20,21)/b15-9-. The van der Waals surface area contributed by atoms with Crippen molar-refractivity contribution in [3.63, 3.8) is 0 Å². The predicted molar refractivity (Wildman–Crippen MR) is 91.1 cm³/mol.